The van der Waals surface area contributed by atoms with Crippen LogP contribution < -0.4 is 4.74 Å². The monoisotopic (exact) mass is 492 g/mol. The number of alkyl halides is 6. The Kier molecular flexibility index (Phi) is 9.15. The molecule has 0 aromatic heterocycles. The summed E-state index contributed by atoms with van der Waals surface area (Å²) in [5, 5.41) is 28.0. The van der Waals surface area contributed by atoms with Crippen molar-refractivity contribution in [3.8, 4) is 5.75 Å². The Labute approximate surface area is 193 Å². The topological polar surface area (TPSA) is 69.9 Å². The lowest BCUT2D eigenvalue weighted by molar-refractivity contribution is -0.369. The van der Waals surface area contributed by atoms with Crippen molar-refractivity contribution < 1.29 is 46.4 Å². The lowest BCUT2D eigenvalue weighted by Gasteiger charge is -2.32. The Balaban J connectivity index is 2.14. The van der Waals surface area contributed by atoms with Gasteiger partial charge < -0.3 is 20.1 Å². The second-order valence-corrected chi connectivity index (χ2v) is 7.71. The minimum absolute atomic E-state index is 0.136. The van der Waals surface area contributed by atoms with E-state index in [2.05, 4.69) is 0 Å². The third-order valence-corrected chi connectivity index (χ3v) is 5.44. The molecule has 2 aromatic carbocycles. The van der Waals surface area contributed by atoms with Gasteiger partial charge in [-0.15, -0.1) is 0 Å². The first kappa shape index (κ1) is 27.7. The highest BCUT2D eigenvalue weighted by atomic mass is 19.4. The Morgan fingerprint density at radius 1 is 0.912 bits per heavy atom. The molecule has 3 N–H and O–H groups in total. The van der Waals surface area contributed by atoms with E-state index >= 15 is 0 Å². The number of hydrogen-bond acceptors (Lipinski definition) is 4. The molecule has 0 amide bonds. The lowest BCUT2D eigenvalue weighted by Crippen LogP contribution is -2.56. The number of halogens is 6. The molecule has 0 saturated heterocycles. The molecular formula is C24H26F6O4. The van der Waals surface area contributed by atoms with E-state index < -0.39 is 30.8 Å². The summed E-state index contributed by atoms with van der Waals surface area (Å²) in [4.78, 5) is 0. The Morgan fingerprint density at radius 3 is 2.12 bits per heavy atom. The molecule has 0 bridgehead atoms. The van der Waals surface area contributed by atoms with Gasteiger partial charge in [-0.1, -0.05) is 37.3 Å². The molecule has 188 valence electrons. The maximum Gasteiger partial charge on any atom is 0.426 e. The molecule has 0 unspecified atom stereocenters. The molecule has 0 atom stereocenters. The van der Waals surface area contributed by atoms with Gasteiger partial charge in [-0.25, -0.2) is 0 Å². The van der Waals surface area contributed by atoms with Gasteiger partial charge in [0.2, 0.25) is 0 Å². The first-order chi connectivity index (χ1) is 15.9. The standard InChI is InChI=1S/C24H26F6O4/c1-2-17(6-4-10-22(33,23(25,26)27)24(28,29)30)18-5-3-7-21(12-18)34-15-16-8-9-19(13-31)20(11-16)14-32/h3,5-9,11-12,31-33H,2,4,10,13-15H2,1H3/b17-6+. The summed E-state index contributed by atoms with van der Waals surface area (Å²) >= 11 is 0. The second kappa shape index (κ2) is 11.2. The Hall–Kier alpha value is -2.56. The van der Waals surface area contributed by atoms with Crippen LogP contribution in [0.1, 0.15) is 48.4 Å². The summed E-state index contributed by atoms with van der Waals surface area (Å²) in [5.41, 5.74) is -1.82. The predicted octanol–water partition coefficient (Wildman–Crippen LogP) is 5.68. The SMILES string of the molecule is CC/C(=C\CCC(O)(C(F)(F)F)C(F)(F)F)c1cccc(OCc2ccc(CO)c(CO)c2)c1. The molecule has 0 saturated carbocycles. The maximum absolute atomic E-state index is 12.9. The van der Waals surface area contributed by atoms with Crippen LogP contribution in [0.4, 0.5) is 26.3 Å². The van der Waals surface area contributed by atoms with Crippen molar-refractivity contribution in [2.75, 3.05) is 0 Å². The number of rotatable bonds is 10. The van der Waals surface area contributed by atoms with Gasteiger partial charge in [-0.05, 0) is 65.3 Å². The molecule has 10 heteroatoms. The molecule has 0 aliphatic heterocycles. The van der Waals surface area contributed by atoms with Gasteiger partial charge in [0.15, 0.2) is 0 Å². The predicted molar refractivity (Wildman–Crippen MR) is 114 cm³/mol. The molecule has 0 aliphatic carbocycles. The normalized spacial score (nSPS) is 13.3. The van der Waals surface area contributed by atoms with Crippen LogP contribution in [0.5, 0.6) is 5.75 Å². The van der Waals surface area contributed by atoms with Crippen molar-refractivity contribution in [1.29, 1.82) is 0 Å². The number of aliphatic hydroxyl groups excluding tert-OH is 2. The van der Waals surface area contributed by atoms with E-state index in [9.17, 15) is 41.7 Å². The number of aliphatic hydroxyl groups is 3. The maximum atomic E-state index is 12.9. The van der Waals surface area contributed by atoms with E-state index in [0.29, 0.717) is 34.4 Å². The van der Waals surface area contributed by atoms with E-state index in [-0.39, 0.29) is 19.8 Å². The zero-order valence-corrected chi connectivity index (χ0v) is 18.4. The fourth-order valence-corrected chi connectivity index (χ4v) is 3.39. The summed E-state index contributed by atoms with van der Waals surface area (Å²) in [7, 11) is 0. The van der Waals surface area contributed by atoms with Crippen LogP contribution >= 0.6 is 0 Å². The van der Waals surface area contributed by atoms with E-state index in [1.54, 1.807) is 49.4 Å². The van der Waals surface area contributed by atoms with Crippen molar-refractivity contribution in [3.63, 3.8) is 0 Å². The zero-order valence-electron chi connectivity index (χ0n) is 18.4. The third-order valence-electron chi connectivity index (χ3n) is 5.44. The highest BCUT2D eigenvalue weighted by molar-refractivity contribution is 5.66. The smallest absolute Gasteiger partial charge is 0.426 e. The van der Waals surface area contributed by atoms with Crippen molar-refractivity contribution in [2.24, 2.45) is 0 Å². The van der Waals surface area contributed by atoms with Crippen LogP contribution in [0.15, 0.2) is 48.5 Å². The van der Waals surface area contributed by atoms with E-state index in [1.807, 2.05) is 0 Å². The first-order valence-corrected chi connectivity index (χ1v) is 10.5. The highest BCUT2D eigenvalue weighted by Crippen LogP contribution is 2.46. The van der Waals surface area contributed by atoms with Crippen LogP contribution in [0.3, 0.4) is 0 Å². The molecule has 4 nitrogen and oxygen atoms in total. The minimum atomic E-state index is -5.84. The largest absolute Gasteiger partial charge is 0.489 e. The Morgan fingerprint density at radius 2 is 1.56 bits per heavy atom. The van der Waals surface area contributed by atoms with Gasteiger partial charge in [0.25, 0.3) is 5.60 Å². The van der Waals surface area contributed by atoms with Crippen molar-refractivity contribution >= 4 is 5.57 Å². The third kappa shape index (κ3) is 6.52. The molecule has 0 fully saturated rings. The Bertz CT molecular complexity index is 968. The van der Waals surface area contributed by atoms with Gasteiger partial charge in [-0.3, -0.25) is 0 Å². The number of allylic oxidation sites excluding steroid dienone is 2. The number of benzene rings is 2. The first-order valence-electron chi connectivity index (χ1n) is 10.5. The van der Waals surface area contributed by atoms with E-state index in [4.69, 9.17) is 4.74 Å². The van der Waals surface area contributed by atoms with Crippen LogP contribution in [-0.2, 0) is 19.8 Å². The van der Waals surface area contributed by atoms with E-state index in [0.717, 1.165) is 5.56 Å². The summed E-state index contributed by atoms with van der Waals surface area (Å²) < 4.78 is 82.9. The quantitative estimate of drug-likeness (QED) is 0.374. The van der Waals surface area contributed by atoms with E-state index in [1.165, 1.54) is 6.08 Å². The molecule has 0 radical (unpaired) electrons. The molecular weight excluding hydrogens is 466 g/mol. The number of ether oxygens (including phenoxy) is 1. The van der Waals surface area contributed by atoms with Gasteiger partial charge in [0.1, 0.15) is 12.4 Å². The van der Waals surface area contributed by atoms with Gasteiger partial charge >= 0.3 is 12.4 Å². The van der Waals surface area contributed by atoms with Gasteiger partial charge in [-0.2, -0.15) is 26.3 Å². The molecule has 2 rings (SSSR count). The zero-order chi connectivity index (χ0) is 25.6. The fourth-order valence-electron chi connectivity index (χ4n) is 3.39. The molecule has 0 aliphatic rings. The fraction of sp³-hybridized carbons (Fsp3) is 0.417. The van der Waals surface area contributed by atoms with Crippen LogP contribution in [0, 0.1) is 0 Å². The second-order valence-electron chi connectivity index (χ2n) is 7.71. The van der Waals surface area contributed by atoms with Crippen LogP contribution in [-0.4, -0.2) is 33.3 Å². The summed E-state index contributed by atoms with van der Waals surface area (Å²) in [6, 6.07) is 11.7. The molecule has 0 spiro atoms. The average molecular weight is 492 g/mol. The summed E-state index contributed by atoms with van der Waals surface area (Å²) in [6.45, 7) is 1.38. The van der Waals surface area contributed by atoms with Crippen molar-refractivity contribution in [2.45, 2.75) is 64.0 Å². The van der Waals surface area contributed by atoms with Gasteiger partial charge in [0, 0.05) is 0 Å². The van der Waals surface area contributed by atoms with Crippen LogP contribution in [0.2, 0.25) is 0 Å². The summed E-state index contributed by atoms with van der Waals surface area (Å²) in [5.74, 6) is 0.427. The molecule has 0 heterocycles. The average Bonchev–Trinajstić information content (AvgIpc) is 2.78. The van der Waals surface area contributed by atoms with Crippen molar-refractivity contribution in [1.82, 2.24) is 0 Å². The summed E-state index contributed by atoms with van der Waals surface area (Å²) in [6.07, 6.45) is -12.3. The molecule has 2 aromatic rings. The molecule has 34 heavy (non-hydrogen) atoms. The minimum Gasteiger partial charge on any atom is -0.489 e. The van der Waals surface area contributed by atoms with Crippen molar-refractivity contribution in [3.05, 3.63) is 70.8 Å². The lowest BCUT2D eigenvalue weighted by atomic mass is 9.94. The number of hydrogen-bond donors (Lipinski definition) is 3. The van der Waals surface area contributed by atoms with Crippen LogP contribution in [0.25, 0.3) is 5.57 Å². The van der Waals surface area contributed by atoms with Gasteiger partial charge in [0.05, 0.1) is 13.2 Å². The highest BCUT2D eigenvalue weighted by Gasteiger charge is 2.69.